The van der Waals surface area contributed by atoms with Gasteiger partial charge in [-0.1, -0.05) is 54.1 Å². The zero-order chi connectivity index (χ0) is 11.3. The first-order chi connectivity index (χ1) is 7.13. The van der Waals surface area contributed by atoms with Gasteiger partial charge in [-0.2, -0.15) is 0 Å². The number of benzene rings is 1. The molecule has 0 saturated carbocycles. The van der Waals surface area contributed by atoms with Gasteiger partial charge >= 0.3 is 0 Å². The van der Waals surface area contributed by atoms with Crippen molar-refractivity contribution in [1.29, 1.82) is 0 Å². The maximum Gasteiger partial charge on any atom is 0.0560 e. The van der Waals surface area contributed by atoms with Crippen LogP contribution in [0, 0.1) is 6.92 Å². The van der Waals surface area contributed by atoms with Crippen molar-refractivity contribution in [2.24, 2.45) is 5.73 Å². The minimum atomic E-state index is 0.503. The van der Waals surface area contributed by atoms with Crippen molar-refractivity contribution in [3.8, 4) is 0 Å². The van der Waals surface area contributed by atoms with Gasteiger partial charge in [-0.3, -0.25) is 0 Å². The first-order valence-corrected chi connectivity index (χ1v) is 5.02. The summed E-state index contributed by atoms with van der Waals surface area (Å²) in [5.41, 5.74) is 8.47. The first-order valence-electron chi connectivity index (χ1n) is 4.65. The molecule has 0 aliphatic rings. The third-order valence-corrected chi connectivity index (χ3v) is 2.28. The highest BCUT2D eigenvalue weighted by molar-refractivity contribution is 6.31. The van der Waals surface area contributed by atoms with E-state index in [9.17, 15) is 0 Å². The zero-order valence-electron chi connectivity index (χ0n) is 8.70. The van der Waals surface area contributed by atoms with Crippen molar-refractivity contribution < 1.29 is 0 Å². The Morgan fingerprint density at radius 3 is 2.40 bits per heavy atom. The molecule has 0 unspecified atom stereocenters. The van der Waals surface area contributed by atoms with E-state index in [1.54, 1.807) is 6.08 Å². The van der Waals surface area contributed by atoms with E-state index in [0.29, 0.717) is 5.03 Å². The number of rotatable bonds is 3. The topological polar surface area (TPSA) is 26.0 Å². The maximum atomic E-state index is 5.73. The van der Waals surface area contributed by atoms with E-state index in [1.165, 1.54) is 11.8 Å². The van der Waals surface area contributed by atoms with Crippen LogP contribution in [0.3, 0.4) is 0 Å². The standard InChI is InChI=1S/C13H14ClN/c1-10-3-6-12(7-4-10)11(2)5-8-13(14)9-15/h3-9H,2,15H2,1H3/b8-5-,13-9+. The summed E-state index contributed by atoms with van der Waals surface area (Å²) in [5, 5.41) is 0.503. The maximum absolute atomic E-state index is 5.73. The molecule has 0 aliphatic heterocycles. The van der Waals surface area contributed by atoms with Gasteiger partial charge < -0.3 is 5.73 Å². The van der Waals surface area contributed by atoms with E-state index in [2.05, 4.69) is 25.6 Å². The minimum absolute atomic E-state index is 0.503. The van der Waals surface area contributed by atoms with Crippen LogP contribution in [-0.4, -0.2) is 0 Å². The molecule has 0 spiro atoms. The molecule has 2 N–H and O–H groups in total. The van der Waals surface area contributed by atoms with E-state index in [4.69, 9.17) is 17.3 Å². The number of halogens is 1. The Kier molecular flexibility index (Phi) is 4.19. The van der Waals surface area contributed by atoms with Crippen molar-refractivity contribution in [2.75, 3.05) is 0 Å². The molecular formula is C13H14ClN. The van der Waals surface area contributed by atoms with Crippen LogP contribution in [0.2, 0.25) is 0 Å². The summed E-state index contributed by atoms with van der Waals surface area (Å²) < 4.78 is 0. The number of allylic oxidation sites excluding steroid dienone is 4. The van der Waals surface area contributed by atoms with Crippen molar-refractivity contribution in [1.82, 2.24) is 0 Å². The summed E-state index contributed by atoms with van der Waals surface area (Å²) >= 11 is 5.73. The molecule has 1 aromatic rings. The summed E-state index contributed by atoms with van der Waals surface area (Å²) in [5.74, 6) is 0. The number of hydrogen-bond donors (Lipinski definition) is 1. The van der Waals surface area contributed by atoms with Crippen LogP contribution in [0.1, 0.15) is 11.1 Å². The smallest absolute Gasteiger partial charge is 0.0560 e. The molecule has 0 aromatic heterocycles. The molecule has 2 heteroatoms. The Morgan fingerprint density at radius 2 is 1.87 bits per heavy atom. The molecule has 1 nitrogen and oxygen atoms in total. The van der Waals surface area contributed by atoms with Crippen molar-refractivity contribution in [3.05, 3.63) is 65.4 Å². The second kappa shape index (κ2) is 5.42. The van der Waals surface area contributed by atoms with Gasteiger partial charge in [0.25, 0.3) is 0 Å². The highest BCUT2D eigenvalue weighted by Crippen LogP contribution is 2.15. The number of nitrogens with two attached hydrogens (primary N) is 1. The van der Waals surface area contributed by atoms with Crippen LogP contribution in [-0.2, 0) is 0 Å². The van der Waals surface area contributed by atoms with Crippen molar-refractivity contribution in [3.63, 3.8) is 0 Å². The fourth-order valence-corrected chi connectivity index (χ4v) is 1.16. The zero-order valence-corrected chi connectivity index (χ0v) is 9.46. The van der Waals surface area contributed by atoms with Crippen LogP contribution in [0.4, 0.5) is 0 Å². The van der Waals surface area contributed by atoms with Gasteiger partial charge in [-0.15, -0.1) is 0 Å². The highest BCUT2D eigenvalue weighted by atomic mass is 35.5. The molecule has 0 fully saturated rings. The second-order valence-corrected chi connectivity index (χ2v) is 3.71. The van der Waals surface area contributed by atoms with Gasteiger partial charge in [0.05, 0.1) is 5.03 Å². The van der Waals surface area contributed by atoms with Gasteiger partial charge in [-0.05, 0) is 24.1 Å². The normalized spacial score (nSPS) is 12.0. The van der Waals surface area contributed by atoms with E-state index in [0.717, 1.165) is 11.1 Å². The summed E-state index contributed by atoms with van der Waals surface area (Å²) in [6, 6.07) is 8.16. The number of aryl methyl sites for hydroxylation is 1. The molecule has 1 aromatic carbocycles. The Balaban J connectivity index is 2.78. The van der Waals surface area contributed by atoms with Crippen molar-refractivity contribution >= 4 is 17.2 Å². The lowest BCUT2D eigenvalue weighted by molar-refractivity contribution is 1.46. The lowest BCUT2D eigenvalue weighted by Gasteiger charge is -2.00. The van der Waals surface area contributed by atoms with Crippen LogP contribution in [0.5, 0.6) is 0 Å². The molecule has 1 rings (SSSR count). The molecule has 0 heterocycles. The van der Waals surface area contributed by atoms with Gasteiger partial charge in [0.2, 0.25) is 0 Å². The average Bonchev–Trinajstić information content (AvgIpc) is 2.26. The fourth-order valence-electron chi connectivity index (χ4n) is 1.10. The van der Waals surface area contributed by atoms with Crippen LogP contribution >= 0.6 is 11.6 Å². The van der Waals surface area contributed by atoms with Crippen LogP contribution in [0.15, 0.2) is 54.2 Å². The minimum Gasteiger partial charge on any atom is -0.403 e. The van der Waals surface area contributed by atoms with Gasteiger partial charge in [0.15, 0.2) is 0 Å². The summed E-state index contributed by atoms with van der Waals surface area (Å²) in [7, 11) is 0. The van der Waals surface area contributed by atoms with E-state index in [-0.39, 0.29) is 0 Å². The molecule has 0 aliphatic carbocycles. The Morgan fingerprint density at radius 1 is 1.27 bits per heavy atom. The lowest BCUT2D eigenvalue weighted by Crippen LogP contribution is -1.81. The van der Waals surface area contributed by atoms with E-state index < -0.39 is 0 Å². The van der Waals surface area contributed by atoms with Gasteiger partial charge in [0.1, 0.15) is 0 Å². The monoisotopic (exact) mass is 219 g/mol. The predicted molar refractivity (Wildman–Crippen MR) is 67.5 cm³/mol. The van der Waals surface area contributed by atoms with Gasteiger partial charge in [-0.25, -0.2) is 0 Å². The Bertz CT molecular complexity index is 399. The molecule has 0 amide bonds. The molecule has 0 atom stereocenters. The predicted octanol–water partition coefficient (Wildman–Crippen LogP) is 3.60. The summed E-state index contributed by atoms with van der Waals surface area (Å²) in [6.07, 6.45) is 4.92. The van der Waals surface area contributed by atoms with E-state index in [1.807, 2.05) is 18.2 Å². The Labute approximate surface area is 95.6 Å². The average molecular weight is 220 g/mol. The molecule has 0 saturated heterocycles. The highest BCUT2D eigenvalue weighted by Gasteiger charge is 1.94. The van der Waals surface area contributed by atoms with Crippen LogP contribution < -0.4 is 5.73 Å². The molecular weight excluding hydrogens is 206 g/mol. The van der Waals surface area contributed by atoms with E-state index >= 15 is 0 Å². The molecule has 78 valence electrons. The summed E-state index contributed by atoms with van der Waals surface area (Å²) in [6.45, 7) is 6.00. The number of hydrogen-bond acceptors (Lipinski definition) is 1. The van der Waals surface area contributed by atoms with Crippen LogP contribution in [0.25, 0.3) is 5.57 Å². The Hall–Kier alpha value is -1.47. The SMILES string of the molecule is C=C(/C=C\C(Cl)=C/N)c1ccc(C)cc1. The quantitative estimate of drug-likeness (QED) is 0.773. The molecule has 0 bridgehead atoms. The molecule has 15 heavy (non-hydrogen) atoms. The lowest BCUT2D eigenvalue weighted by atomic mass is 10.1. The third kappa shape index (κ3) is 3.64. The second-order valence-electron chi connectivity index (χ2n) is 3.28. The third-order valence-electron chi connectivity index (χ3n) is 2.03. The summed E-state index contributed by atoms with van der Waals surface area (Å²) in [4.78, 5) is 0. The first kappa shape index (κ1) is 11.6. The van der Waals surface area contributed by atoms with Gasteiger partial charge in [0, 0.05) is 6.20 Å². The molecule has 0 radical (unpaired) electrons. The van der Waals surface area contributed by atoms with Crippen molar-refractivity contribution in [2.45, 2.75) is 6.92 Å². The largest absolute Gasteiger partial charge is 0.403 e. The fraction of sp³-hybridized carbons (Fsp3) is 0.0769.